The van der Waals surface area contributed by atoms with Crippen molar-refractivity contribution in [1.29, 1.82) is 0 Å². The second-order valence-corrected chi connectivity index (χ2v) is 19.0. The highest BCUT2D eigenvalue weighted by molar-refractivity contribution is 6.88. The van der Waals surface area contributed by atoms with Gasteiger partial charge in [0, 0.05) is 22.1 Å². The van der Waals surface area contributed by atoms with Crippen molar-refractivity contribution in [2.45, 2.75) is 32.0 Å². The van der Waals surface area contributed by atoms with Crippen molar-refractivity contribution in [3.63, 3.8) is 0 Å². The summed E-state index contributed by atoms with van der Waals surface area (Å²) < 4.78 is 0. The Labute approximate surface area is 284 Å². The summed E-state index contributed by atoms with van der Waals surface area (Å²) in [5.41, 5.74) is 11.6. The molecule has 0 amide bonds. The van der Waals surface area contributed by atoms with E-state index in [0.717, 1.165) is 22.3 Å². The molecule has 1 aliphatic carbocycles. The van der Waals surface area contributed by atoms with Crippen molar-refractivity contribution in [3.8, 4) is 56.4 Å². The fourth-order valence-corrected chi connectivity index (χ4v) is 8.20. The van der Waals surface area contributed by atoms with Gasteiger partial charge in [0.2, 0.25) is 0 Å². The molecule has 232 valence electrons. The molecule has 1 unspecified atom stereocenters. The minimum atomic E-state index is -1.51. The van der Waals surface area contributed by atoms with E-state index < -0.39 is 8.07 Å². The summed E-state index contributed by atoms with van der Waals surface area (Å²) >= 11 is 0. The molecule has 1 atom stereocenters. The predicted molar refractivity (Wildman–Crippen MR) is 202 cm³/mol. The van der Waals surface area contributed by atoms with Gasteiger partial charge in [-0.3, -0.25) is 0 Å². The highest BCUT2D eigenvalue weighted by atomic mass is 28.3. The number of benzene rings is 6. The van der Waals surface area contributed by atoms with Crippen LogP contribution in [-0.2, 0) is 5.41 Å². The van der Waals surface area contributed by atoms with Crippen LogP contribution in [0.25, 0.3) is 56.4 Å². The fraction of sp³-hybridized carbons (Fsp3) is 0.114. The Hall–Kier alpha value is -5.45. The topological polar surface area (TPSA) is 38.7 Å². The summed E-state index contributed by atoms with van der Waals surface area (Å²) in [5.74, 6) is 1.99. The van der Waals surface area contributed by atoms with Crippen LogP contribution < -0.4 is 5.19 Å². The molecule has 1 aromatic heterocycles. The molecule has 0 spiro atoms. The first-order chi connectivity index (χ1) is 23.3. The molecule has 8 rings (SSSR count). The molecule has 1 aliphatic rings. The van der Waals surface area contributed by atoms with Gasteiger partial charge in [-0.1, -0.05) is 164 Å². The molecule has 0 bridgehead atoms. The van der Waals surface area contributed by atoms with Crippen LogP contribution in [0.2, 0.25) is 19.6 Å². The first kappa shape index (κ1) is 29.9. The van der Waals surface area contributed by atoms with Gasteiger partial charge in [-0.15, -0.1) is 0 Å². The van der Waals surface area contributed by atoms with Crippen LogP contribution in [0.1, 0.15) is 23.6 Å². The Morgan fingerprint density at radius 1 is 0.417 bits per heavy atom. The monoisotopic (exact) mass is 635 g/mol. The summed E-state index contributed by atoms with van der Waals surface area (Å²) in [4.78, 5) is 14.9. The van der Waals surface area contributed by atoms with Crippen molar-refractivity contribution < 1.29 is 0 Å². The molecular weight excluding hydrogens is 599 g/mol. The van der Waals surface area contributed by atoms with Crippen molar-refractivity contribution >= 4 is 13.3 Å². The van der Waals surface area contributed by atoms with Gasteiger partial charge >= 0.3 is 0 Å². The van der Waals surface area contributed by atoms with E-state index in [-0.39, 0.29) is 5.41 Å². The van der Waals surface area contributed by atoms with E-state index in [9.17, 15) is 0 Å². The molecule has 4 heteroatoms. The molecule has 3 nitrogen and oxygen atoms in total. The normalized spacial score (nSPS) is 15.2. The number of hydrogen-bond donors (Lipinski definition) is 0. The maximum atomic E-state index is 4.99. The van der Waals surface area contributed by atoms with E-state index >= 15 is 0 Å². The lowest BCUT2D eigenvalue weighted by Gasteiger charge is -2.30. The Balaban J connectivity index is 1.26. The molecule has 1 heterocycles. The van der Waals surface area contributed by atoms with Crippen LogP contribution in [0.3, 0.4) is 0 Å². The SMILES string of the molecule is CC1(c2ccccc2)c2cc(-c3cccc(-c4nc(-c5ccccc5)nc(-c5ccccc5)n4)c3)ccc2-c2ccc([Si](C)(C)C)cc21. The smallest absolute Gasteiger partial charge is 0.164 e. The highest BCUT2D eigenvalue weighted by Gasteiger charge is 2.41. The molecule has 0 radical (unpaired) electrons. The molecule has 0 saturated heterocycles. The average Bonchev–Trinajstić information content (AvgIpc) is 3.40. The van der Waals surface area contributed by atoms with Gasteiger partial charge in [-0.25, -0.2) is 15.0 Å². The van der Waals surface area contributed by atoms with Gasteiger partial charge < -0.3 is 0 Å². The lowest BCUT2D eigenvalue weighted by Crippen LogP contribution is -2.38. The zero-order valence-corrected chi connectivity index (χ0v) is 28.8. The second kappa shape index (κ2) is 11.7. The molecular formula is C44H37N3Si. The van der Waals surface area contributed by atoms with Crippen LogP contribution in [0.15, 0.2) is 152 Å². The first-order valence-electron chi connectivity index (χ1n) is 16.6. The van der Waals surface area contributed by atoms with Gasteiger partial charge in [0.15, 0.2) is 17.5 Å². The van der Waals surface area contributed by atoms with Crippen LogP contribution in [0, 0.1) is 0 Å². The van der Waals surface area contributed by atoms with Crippen LogP contribution in [0.4, 0.5) is 0 Å². The van der Waals surface area contributed by atoms with Crippen molar-refractivity contribution in [2.24, 2.45) is 0 Å². The Morgan fingerprint density at radius 2 is 0.875 bits per heavy atom. The van der Waals surface area contributed by atoms with Crippen LogP contribution >= 0.6 is 0 Å². The summed E-state index contributed by atoms with van der Waals surface area (Å²) in [7, 11) is -1.51. The number of aromatic nitrogens is 3. The quantitative estimate of drug-likeness (QED) is 0.171. The zero-order valence-electron chi connectivity index (χ0n) is 27.8. The third-order valence-corrected chi connectivity index (χ3v) is 11.8. The summed E-state index contributed by atoms with van der Waals surface area (Å²) in [6, 6.07) is 54.1. The van der Waals surface area contributed by atoms with Crippen LogP contribution in [0.5, 0.6) is 0 Å². The Bertz CT molecular complexity index is 2220. The van der Waals surface area contributed by atoms with E-state index in [1.807, 2.05) is 60.7 Å². The Kier molecular flexibility index (Phi) is 7.27. The molecule has 0 N–H and O–H groups in total. The van der Waals surface area contributed by atoms with Gasteiger partial charge in [0.1, 0.15) is 0 Å². The molecule has 0 aliphatic heterocycles. The standard InChI is InChI=1S/C44H37N3Si/c1-44(35-21-12-7-13-22-35)39-28-33(23-25-37(39)38-26-24-36(29-40(38)44)48(2,3)4)32-19-14-20-34(27-32)43-46-41(30-15-8-5-9-16-30)45-42(47-43)31-17-10-6-11-18-31/h5-29H,1-4H3. The molecule has 0 saturated carbocycles. The average molecular weight is 636 g/mol. The predicted octanol–water partition coefficient (Wildman–Crippen LogP) is 10.4. The summed E-state index contributed by atoms with van der Waals surface area (Å²) in [6.45, 7) is 9.70. The molecule has 6 aromatic carbocycles. The third kappa shape index (κ3) is 5.19. The number of rotatable bonds is 6. The molecule has 0 fully saturated rings. The van der Waals surface area contributed by atoms with E-state index in [1.54, 1.807) is 0 Å². The number of hydrogen-bond acceptors (Lipinski definition) is 3. The van der Waals surface area contributed by atoms with Crippen LogP contribution in [-0.4, -0.2) is 23.0 Å². The van der Waals surface area contributed by atoms with Crippen molar-refractivity contribution in [2.75, 3.05) is 0 Å². The highest BCUT2D eigenvalue weighted by Crippen LogP contribution is 2.53. The fourth-order valence-electron chi connectivity index (χ4n) is 7.03. The third-order valence-electron chi connectivity index (χ3n) is 9.78. The van der Waals surface area contributed by atoms with Gasteiger partial charge in [0.05, 0.1) is 8.07 Å². The van der Waals surface area contributed by atoms with E-state index in [1.165, 1.54) is 38.6 Å². The minimum absolute atomic E-state index is 0.265. The maximum absolute atomic E-state index is 4.99. The van der Waals surface area contributed by atoms with Gasteiger partial charge in [-0.05, 0) is 58.0 Å². The summed E-state index contributed by atoms with van der Waals surface area (Å²) in [6.07, 6.45) is 0. The van der Waals surface area contributed by atoms with E-state index in [0.29, 0.717) is 17.5 Å². The molecule has 7 aromatic rings. The lowest BCUT2D eigenvalue weighted by molar-refractivity contribution is 0.714. The largest absolute Gasteiger partial charge is 0.208 e. The van der Waals surface area contributed by atoms with Gasteiger partial charge in [0.25, 0.3) is 0 Å². The summed E-state index contributed by atoms with van der Waals surface area (Å²) in [5, 5.41) is 1.49. The number of fused-ring (bicyclic) bond motifs is 3. The number of nitrogens with zero attached hydrogens (tertiary/aromatic N) is 3. The van der Waals surface area contributed by atoms with E-state index in [4.69, 9.17) is 15.0 Å². The van der Waals surface area contributed by atoms with Gasteiger partial charge in [-0.2, -0.15) is 0 Å². The lowest BCUT2D eigenvalue weighted by atomic mass is 9.74. The molecule has 48 heavy (non-hydrogen) atoms. The zero-order chi connectivity index (χ0) is 32.9. The van der Waals surface area contributed by atoms with E-state index in [2.05, 4.69) is 118 Å². The second-order valence-electron chi connectivity index (χ2n) is 13.9. The Morgan fingerprint density at radius 3 is 1.46 bits per heavy atom. The van der Waals surface area contributed by atoms with Crippen molar-refractivity contribution in [1.82, 2.24) is 15.0 Å². The van der Waals surface area contributed by atoms with Crippen molar-refractivity contribution in [3.05, 3.63) is 168 Å². The maximum Gasteiger partial charge on any atom is 0.164 e. The first-order valence-corrected chi connectivity index (χ1v) is 20.1. The minimum Gasteiger partial charge on any atom is -0.208 e.